The van der Waals surface area contributed by atoms with Crippen molar-refractivity contribution in [2.75, 3.05) is 5.32 Å². The van der Waals surface area contributed by atoms with Gasteiger partial charge in [0.15, 0.2) is 5.82 Å². The van der Waals surface area contributed by atoms with E-state index in [0.717, 1.165) is 11.3 Å². The number of carbonyl (C=O) groups is 1. The third-order valence-corrected chi connectivity index (χ3v) is 3.90. The largest absolute Gasteiger partial charge is 0.324 e. The number of amides is 1. The molecular weight excluding hydrogens is 404 g/mol. The fourth-order valence-electron chi connectivity index (χ4n) is 1.15. The Balaban J connectivity index is 2.18. The van der Waals surface area contributed by atoms with E-state index in [9.17, 15) is 14.9 Å². The van der Waals surface area contributed by atoms with Crippen LogP contribution in [-0.4, -0.2) is 20.8 Å². The van der Waals surface area contributed by atoms with Crippen LogP contribution in [0.25, 0.3) is 0 Å². The van der Waals surface area contributed by atoms with E-state index in [1.807, 2.05) is 0 Å². The molecule has 0 aliphatic rings. The molecule has 0 aliphatic carbocycles. The van der Waals surface area contributed by atoms with Crippen molar-refractivity contribution in [2.24, 2.45) is 0 Å². The van der Waals surface area contributed by atoms with Gasteiger partial charge in [0.05, 0.1) is 16.0 Å². The van der Waals surface area contributed by atoms with Gasteiger partial charge < -0.3 is 5.32 Å². The van der Waals surface area contributed by atoms with E-state index in [0.29, 0.717) is 9.21 Å². The van der Waals surface area contributed by atoms with E-state index in [-0.39, 0.29) is 15.7 Å². The van der Waals surface area contributed by atoms with Crippen LogP contribution in [0.5, 0.6) is 0 Å². The van der Waals surface area contributed by atoms with E-state index in [1.165, 1.54) is 18.3 Å². The lowest BCUT2D eigenvalue weighted by Crippen LogP contribution is -2.12. The van der Waals surface area contributed by atoms with Crippen LogP contribution in [0.15, 0.2) is 27.5 Å². The maximum absolute atomic E-state index is 11.9. The lowest BCUT2D eigenvalue weighted by Gasteiger charge is -2.03. The summed E-state index contributed by atoms with van der Waals surface area (Å²) in [5.41, 5.74) is 0. The Morgan fingerprint density at radius 3 is 2.74 bits per heavy atom. The molecule has 1 amide bonds. The number of carbonyl (C=O) groups excluding carboxylic acids is 1. The van der Waals surface area contributed by atoms with Gasteiger partial charge in [0.1, 0.15) is 9.21 Å². The fourth-order valence-corrected chi connectivity index (χ4v) is 2.77. The molecule has 98 valence electrons. The van der Waals surface area contributed by atoms with Gasteiger partial charge in [0, 0.05) is 6.07 Å². The minimum absolute atomic E-state index is 0.0916. The van der Waals surface area contributed by atoms with Crippen LogP contribution < -0.4 is 5.32 Å². The quantitative estimate of drug-likeness (QED) is 0.622. The number of rotatable bonds is 3. The molecule has 0 spiro atoms. The zero-order chi connectivity index (χ0) is 14.0. The number of nitro groups is 1. The Morgan fingerprint density at radius 1 is 1.42 bits per heavy atom. The first-order valence-corrected chi connectivity index (χ1v) is 7.11. The molecule has 10 heteroatoms. The molecule has 2 heterocycles. The van der Waals surface area contributed by atoms with E-state index >= 15 is 0 Å². The Hall–Kier alpha value is -1.39. The normalized spacial score (nSPS) is 10.2. The highest BCUT2D eigenvalue weighted by molar-refractivity contribution is 9.11. The molecule has 2 rings (SSSR count). The second kappa shape index (κ2) is 5.72. The Kier molecular flexibility index (Phi) is 4.22. The summed E-state index contributed by atoms with van der Waals surface area (Å²) in [4.78, 5) is 30.1. The minimum Gasteiger partial charge on any atom is -0.304 e. The van der Waals surface area contributed by atoms with Crippen LogP contribution in [0, 0.1) is 10.1 Å². The lowest BCUT2D eigenvalue weighted by molar-refractivity contribution is -0.380. The van der Waals surface area contributed by atoms with Crippen molar-refractivity contribution < 1.29 is 9.72 Å². The number of aromatic nitrogens is 2. The molecule has 0 aliphatic heterocycles. The Bertz CT molecular complexity index is 661. The predicted molar refractivity (Wildman–Crippen MR) is 76.4 cm³/mol. The lowest BCUT2D eigenvalue weighted by atomic mass is 10.4. The van der Waals surface area contributed by atoms with Crippen LogP contribution in [0.3, 0.4) is 0 Å². The smallest absolute Gasteiger partial charge is 0.304 e. The van der Waals surface area contributed by atoms with Gasteiger partial charge in [-0.2, -0.15) is 0 Å². The SMILES string of the molecule is O=C(Nc1ncc(Br)nc1Br)c1ccc([N+](=O)[O-])s1. The summed E-state index contributed by atoms with van der Waals surface area (Å²) >= 11 is 7.08. The third-order valence-electron chi connectivity index (χ3n) is 1.93. The third kappa shape index (κ3) is 3.33. The molecule has 7 nitrogen and oxygen atoms in total. The molecule has 0 bridgehead atoms. The van der Waals surface area contributed by atoms with E-state index in [1.54, 1.807) is 0 Å². The van der Waals surface area contributed by atoms with E-state index in [4.69, 9.17) is 0 Å². The molecule has 0 saturated carbocycles. The summed E-state index contributed by atoms with van der Waals surface area (Å²) in [6.07, 6.45) is 1.43. The van der Waals surface area contributed by atoms with Crippen molar-refractivity contribution in [3.05, 3.63) is 42.5 Å². The highest BCUT2D eigenvalue weighted by Crippen LogP contribution is 2.25. The second-order valence-corrected chi connectivity index (χ2v) is 5.81. The highest BCUT2D eigenvalue weighted by atomic mass is 79.9. The van der Waals surface area contributed by atoms with E-state index < -0.39 is 10.8 Å². The van der Waals surface area contributed by atoms with Gasteiger partial charge in [-0.25, -0.2) is 9.97 Å². The van der Waals surface area contributed by atoms with Crippen molar-refractivity contribution in [1.29, 1.82) is 0 Å². The van der Waals surface area contributed by atoms with E-state index in [2.05, 4.69) is 47.1 Å². The molecule has 1 N–H and O–H groups in total. The first-order valence-electron chi connectivity index (χ1n) is 4.71. The Labute approximate surface area is 127 Å². The van der Waals surface area contributed by atoms with Crippen molar-refractivity contribution in [1.82, 2.24) is 9.97 Å². The molecule has 2 aromatic rings. The summed E-state index contributed by atoms with van der Waals surface area (Å²) in [6, 6.07) is 2.67. The highest BCUT2D eigenvalue weighted by Gasteiger charge is 2.16. The van der Waals surface area contributed by atoms with Crippen LogP contribution in [0.2, 0.25) is 0 Å². The standard InChI is InChI=1S/C9H4Br2N4O3S/c10-5-3-12-8(7(11)13-5)14-9(16)4-1-2-6(19-4)15(17)18/h1-3H,(H,12,14,16). The van der Waals surface area contributed by atoms with Gasteiger partial charge in [-0.1, -0.05) is 11.3 Å². The molecule has 0 atom stereocenters. The van der Waals surface area contributed by atoms with Gasteiger partial charge in [0.2, 0.25) is 0 Å². The molecule has 0 unspecified atom stereocenters. The number of hydrogen-bond acceptors (Lipinski definition) is 6. The van der Waals surface area contributed by atoms with Crippen molar-refractivity contribution >= 4 is 59.9 Å². The number of anilines is 1. The Morgan fingerprint density at radius 2 is 2.16 bits per heavy atom. The molecule has 19 heavy (non-hydrogen) atoms. The van der Waals surface area contributed by atoms with Gasteiger partial charge in [-0.3, -0.25) is 14.9 Å². The average molecular weight is 408 g/mol. The summed E-state index contributed by atoms with van der Waals surface area (Å²) in [7, 11) is 0. The maximum Gasteiger partial charge on any atom is 0.324 e. The number of nitrogens with one attached hydrogen (secondary N) is 1. The fraction of sp³-hybridized carbons (Fsp3) is 0. The van der Waals surface area contributed by atoms with Gasteiger partial charge >= 0.3 is 5.00 Å². The van der Waals surface area contributed by atoms with Crippen molar-refractivity contribution in [2.45, 2.75) is 0 Å². The molecule has 0 fully saturated rings. The number of thiophene rings is 1. The number of halogens is 2. The number of nitrogens with zero attached hydrogens (tertiary/aromatic N) is 3. The van der Waals surface area contributed by atoms with Crippen molar-refractivity contribution in [3.63, 3.8) is 0 Å². The van der Waals surface area contributed by atoms with Crippen molar-refractivity contribution in [3.8, 4) is 0 Å². The summed E-state index contributed by atoms with van der Waals surface area (Å²) in [6.45, 7) is 0. The van der Waals surface area contributed by atoms with Gasteiger partial charge in [-0.05, 0) is 37.9 Å². The van der Waals surface area contributed by atoms with Gasteiger partial charge in [0.25, 0.3) is 5.91 Å². The maximum atomic E-state index is 11.9. The number of hydrogen-bond donors (Lipinski definition) is 1. The molecule has 0 radical (unpaired) electrons. The van der Waals surface area contributed by atoms with Crippen LogP contribution in [0.4, 0.5) is 10.8 Å². The van der Waals surface area contributed by atoms with Crippen LogP contribution in [0.1, 0.15) is 9.67 Å². The van der Waals surface area contributed by atoms with Crippen LogP contribution >= 0.6 is 43.2 Å². The van der Waals surface area contributed by atoms with Crippen LogP contribution in [-0.2, 0) is 0 Å². The predicted octanol–water partition coefficient (Wildman–Crippen LogP) is 3.22. The molecule has 0 aromatic carbocycles. The first-order chi connectivity index (χ1) is 8.97. The van der Waals surface area contributed by atoms with Gasteiger partial charge in [-0.15, -0.1) is 0 Å². The monoisotopic (exact) mass is 406 g/mol. The second-order valence-electron chi connectivity index (χ2n) is 3.18. The molecular formula is C9H4Br2N4O3S. The molecule has 0 saturated heterocycles. The first kappa shape index (κ1) is 14.0. The zero-order valence-electron chi connectivity index (χ0n) is 8.96. The zero-order valence-corrected chi connectivity index (χ0v) is 13.0. The topological polar surface area (TPSA) is 98.0 Å². The molecule has 2 aromatic heterocycles. The summed E-state index contributed by atoms with van der Waals surface area (Å²) < 4.78 is 0.880. The summed E-state index contributed by atoms with van der Waals surface area (Å²) in [5.74, 6) is -0.236. The minimum atomic E-state index is -0.545. The average Bonchev–Trinajstić information content (AvgIpc) is 2.82. The summed E-state index contributed by atoms with van der Waals surface area (Å²) in [5, 5.41) is 13.0.